The third-order valence-electron chi connectivity index (χ3n) is 1.60. The molecule has 5 nitrogen and oxygen atoms in total. The molecule has 0 unspecified atom stereocenters. The standard InChI is InChI=1S/C5H7N5S/c1-2-3(6)4-7-8-5(11)10(4)9-2/h9H,6H2,1H3,(H,8,11). The van der Waals surface area contributed by atoms with Crippen LogP contribution in [0.25, 0.3) is 5.65 Å². The highest BCUT2D eigenvalue weighted by molar-refractivity contribution is 7.71. The number of nitrogen functional groups attached to an aromatic ring is 1. The Kier molecular flexibility index (Phi) is 1.08. The summed E-state index contributed by atoms with van der Waals surface area (Å²) in [6.07, 6.45) is 0. The van der Waals surface area contributed by atoms with Crippen molar-refractivity contribution in [1.29, 1.82) is 0 Å². The topological polar surface area (TPSA) is 74.9 Å². The first-order valence-electron chi connectivity index (χ1n) is 3.11. The average Bonchev–Trinajstić information content (AvgIpc) is 2.43. The number of aromatic nitrogens is 4. The van der Waals surface area contributed by atoms with Crippen LogP contribution in [0.2, 0.25) is 0 Å². The lowest BCUT2D eigenvalue weighted by Gasteiger charge is -1.82. The molecule has 0 aliphatic heterocycles. The van der Waals surface area contributed by atoms with E-state index in [1.807, 2.05) is 6.92 Å². The molecule has 0 saturated heterocycles. The predicted molar refractivity (Wildman–Crippen MR) is 43.9 cm³/mol. The van der Waals surface area contributed by atoms with E-state index in [2.05, 4.69) is 15.3 Å². The number of H-pyrrole nitrogens is 2. The van der Waals surface area contributed by atoms with Crippen molar-refractivity contribution in [3.63, 3.8) is 0 Å². The Morgan fingerprint density at radius 2 is 2.36 bits per heavy atom. The van der Waals surface area contributed by atoms with E-state index in [-0.39, 0.29) is 0 Å². The molecule has 0 saturated carbocycles. The zero-order chi connectivity index (χ0) is 8.01. The van der Waals surface area contributed by atoms with Gasteiger partial charge in [0.25, 0.3) is 0 Å². The van der Waals surface area contributed by atoms with Crippen molar-refractivity contribution in [1.82, 2.24) is 19.8 Å². The third kappa shape index (κ3) is 0.695. The second-order valence-electron chi connectivity index (χ2n) is 2.34. The van der Waals surface area contributed by atoms with Gasteiger partial charge in [-0.05, 0) is 19.1 Å². The van der Waals surface area contributed by atoms with E-state index < -0.39 is 0 Å². The maximum absolute atomic E-state index is 5.67. The molecule has 2 aromatic rings. The highest BCUT2D eigenvalue weighted by Gasteiger charge is 2.06. The minimum atomic E-state index is 0.528. The van der Waals surface area contributed by atoms with Crippen molar-refractivity contribution in [2.75, 3.05) is 5.73 Å². The first-order valence-corrected chi connectivity index (χ1v) is 3.52. The Morgan fingerprint density at radius 1 is 1.64 bits per heavy atom. The zero-order valence-corrected chi connectivity index (χ0v) is 6.70. The lowest BCUT2D eigenvalue weighted by atomic mass is 10.4. The van der Waals surface area contributed by atoms with Gasteiger partial charge in [-0.25, -0.2) is 9.61 Å². The lowest BCUT2D eigenvalue weighted by Crippen LogP contribution is -1.85. The summed E-state index contributed by atoms with van der Waals surface area (Å²) in [6.45, 7) is 1.87. The Labute approximate surface area is 67.2 Å². The molecule has 6 heteroatoms. The van der Waals surface area contributed by atoms with Crippen molar-refractivity contribution in [3.8, 4) is 0 Å². The summed E-state index contributed by atoms with van der Waals surface area (Å²) in [7, 11) is 0. The van der Waals surface area contributed by atoms with Crippen molar-refractivity contribution < 1.29 is 0 Å². The fourth-order valence-corrected chi connectivity index (χ4v) is 1.15. The fourth-order valence-electron chi connectivity index (χ4n) is 0.977. The van der Waals surface area contributed by atoms with Crippen molar-refractivity contribution in [2.45, 2.75) is 6.92 Å². The van der Waals surface area contributed by atoms with E-state index in [0.29, 0.717) is 16.1 Å². The van der Waals surface area contributed by atoms with Gasteiger partial charge < -0.3 is 5.73 Å². The van der Waals surface area contributed by atoms with E-state index in [1.54, 1.807) is 4.52 Å². The number of anilines is 1. The van der Waals surface area contributed by atoms with Crippen molar-refractivity contribution in [3.05, 3.63) is 10.5 Å². The van der Waals surface area contributed by atoms with Crippen LogP contribution in [0.3, 0.4) is 0 Å². The Hall–Kier alpha value is -1.30. The lowest BCUT2D eigenvalue weighted by molar-refractivity contribution is 0.911. The van der Waals surface area contributed by atoms with E-state index in [1.165, 1.54) is 0 Å². The van der Waals surface area contributed by atoms with Crippen LogP contribution >= 0.6 is 12.2 Å². The maximum Gasteiger partial charge on any atom is 0.214 e. The largest absolute Gasteiger partial charge is 0.394 e. The summed E-state index contributed by atoms with van der Waals surface area (Å²) in [5.41, 5.74) is 7.85. The van der Waals surface area contributed by atoms with Gasteiger partial charge in [-0.1, -0.05) is 0 Å². The number of hydrogen-bond donors (Lipinski definition) is 3. The van der Waals surface area contributed by atoms with Crippen LogP contribution in [0.5, 0.6) is 0 Å². The Morgan fingerprint density at radius 3 is 3.00 bits per heavy atom. The first kappa shape index (κ1) is 6.41. The molecule has 11 heavy (non-hydrogen) atoms. The van der Waals surface area contributed by atoms with E-state index in [4.69, 9.17) is 18.0 Å². The van der Waals surface area contributed by atoms with Gasteiger partial charge >= 0.3 is 0 Å². The molecule has 2 aromatic heterocycles. The molecule has 4 N–H and O–H groups in total. The first-order chi connectivity index (χ1) is 5.20. The van der Waals surface area contributed by atoms with Gasteiger partial charge in [0.2, 0.25) is 4.77 Å². The quantitative estimate of drug-likeness (QED) is 0.506. The van der Waals surface area contributed by atoms with Crippen LogP contribution in [0.15, 0.2) is 0 Å². The molecule has 0 radical (unpaired) electrons. The molecular weight excluding hydrogens is 162 g/mol. The summed E-state index contributed by atoms with van der Waals surface area (Å²) in [5.74, 6) is 0. The molecule has 0 fully saturated rings. The Balaban J connectivity index is 3.05. The summed E-state index contributed by atoms with van der Waals surface area (Å²) in [5, 5.41) is 9.53. The van der Waals surface area contributed by atoms with Crippen LogP contribution < -0.4 is 5.73 Å². The third-order valence-corrected chi connectivity index (χ3v) is 1.87. The molecule has 2 rings (SSSR count). The van der Waals surface area contributed by atoms with E-state index >= 15 is 0 Å². The van der Waals surface area contributed by atoms with Crippen molar-refractivity contribution >= 4 is 23.6 Å². The molecule has 0 aromatic carbocycles. The summed E-state index contributed by atoms with van der Waals surface area (Å²) in [4.78, 5) is 0. The van der Waals surface area contributed by atoms with E-state index in [9.17, 15) is 0 Å². The zero-order valence-electron chi connectivity index (χ0n) is 5.88. The van der Waals surface area contributed by atoms with E-state index in [0.717, 1.165) is 5.69 Å². The second kappa shape index (κ2) is 1.85. The molecule has 0 bridgehead atoms. The molecule has 0 spiro atoms. The molecule has 2 heterocycles. The molecule has 0 atom stereocenters. The van der Waals surface area contributed by atoms with Crippen LogP contribution in [-0.4, -0.2) is 19.8 Å². The highest BCUT2D eigenvalue weighted by Crippen LogP contribution is 2.13. The number of rotatable bonds is 0. The number of hydrogen-bond acceptors (Lipinski definition) is 3. The van der Waals surface area contributed by atoms with Gasteiger partial charge in [0.1, 0.15) is 0 Å². The van der Waals surface area contributed by atoms with Crippen LogP contribution in [0.4, 0.5) is 5.69 Å². The molecule has 0 aliphatic rings. The van der Waals surface area contributed by atoms with Gasteiger partial charge in [-0.15, -0.1) is 0 Å². The summed E-state index contributed by atoms with van der Waals surface area (Å²) in [6, 6.07) is 0. The molecule has 0 amide bonds. The normalized spacial score (nSPS) is 11.0. The molecular formula is C5H7N5S. The number of fused-ring (bicyclic) bond motifs is 1. The maximum atomic E-state index is 5.67. The fraction of sp³-hybridized carbons (Fsp3) is 0.200. The second-order valence-corrected chi connectivity index (χ2v) is 2.72. The number of nitrogens with two attached hydrogens (primary N) is 1. The number of aryl methyl sites for hydroxylation is 1. The summed E-state index contributed by atoms with van der Waals surface area (Å²) >= 11 is 4.92. The highest BCUT2D eigenvalue weighted by atomic mass is 32.1. The molecule has 0 aliphatic carbocycles. The minimum Gasteiger partial charge on any atom is -0.394 e. The minimum absolute atomic E-state index is 0.528. The number of aromatic amines is 2. The average molecular weight is 169 g/mol. The smallest absolute Gasteiger partial charge is 0.214 e. The monoisotopic (exact) mass is 169 g/mol. The predicted octanol–water partition coefficient (Wildman–Crippen LogP) is 0.611. The van der Waals surface area contributed by atoms with Gasteiger partial charge in [0, 0.05) is 0 Å². The SMILES string of the molecule is Cc1[nH]n2c(=S)[nH]nc2c1N. The van der Waals surface area contributed by atoms with Crippen molar-refractivity contribution in [2.24, 2.45) is 0 Å². The number of nitrogens with zero attached hydrogens (tertiary/aromatic N) is 2. The Bertz CT molecular complexity index is 447. The van der Waals surface area contributed by atoms with Gasteiger partial charge in [0.15, 0.2) is 5.65 Å². The van der Waals surface area contributed by atoms with Gasteiger partial charge in [-0.3, -0.25) is 5.10 Å². The van der Waals surface area contributed by atoms with Crippen LogP contribution in [0.1, 0.15) is 5.69 Å². The van der Waals surface area contributed by atoms with Crippen LogP contribution in [-0.2, 0) is 0 Å². The van der Waals surface area contributed by atoms with Gasteiger partial charge in [0.05, 0.1) is 11.4 Å². The number of nitrogens with one attached hydrogen (secondary N) is 2. The van der Waals surface area contributed by atoms with Gasteiger partial charge in [-0.2, -0.15) is 5.10 Å². The molecule has 58 valence electrons. The summed E-state index contributed by atoms with van der Waals surface area (Å²) < 4.78 is 2.17. The van der Waals surface area contributed by atoms with Crippen LogP contribution in [0, 0.1) is 11.7 Å².